The molecule has 0 bridgehead atoms. The molecule has 2 fully saturated rings. The SMILES string of the molecule is CC(C)c1c(-c2ccnc3[nH]ncc23)[nH]c2cc(F)c(C3CCN(CC4CCN(C(C)C)C4)CC3)cc12. The van der Waals surface area contributed by atoms with Crippen LogP contribution in [0.3, 0.4) is 0 Å². The Morgan fingerprint density at radius 2 is 1.86 bits per heavy atom. The number of benzene rings is 1. The summed E-state index contributed by atoms with van der Waals surface area (Å²) in [4.78, 5) is 13.2. The number of fused-ring (bicyclic) bond motifs is 2. The number of nitrogens with zero attached hydrogens (tertiary/aromatic N) is 4. The fraction of sp³-hybridized carbons (Fsp3) is 0.533. The van der Waals surface area contributed by atoms with Crippen LogP contribution in [0.2, 0.25) is 0 Å². The molecular weight excluding hydrogens is 463 g/mol. The Labute approximate surface area is 218 Å². The normalized spacial score (nSPS) is 20.4. The first kappa shape index (κ1) is 24.6. The predicted molar refractivity (Wildman–Crippen MR) is 148 cm³/mol. The molecule has 2 aliphatic heterocycles. The van der Waals surface area contributed by atoms with Gasteiger partial charge in [-0.25, -0.2) is 9.37 Å². The van der Waals surface area contributed by atoms with E-state index in [-0.39, 0.29) is 17.7 Å². The van der Waals surface area contributed by atoms with Crippen molar-refractivity contribution in [3.63, 3.8) is 0 Å². The highest BCUT2D eigenvalue weighted by Gasteiger charge is 2.29. The average Bonchev–Trinajstić information content (AvgIpc) is 3.62. The summed E-state index contributed by atoms with van der Waals surface area (Å²) in [5, 5.41) is 9.26. The minimum Gasteiger partial charge on any atom is -0.354 e. The molecule has 0 amide bonds. The van der Waals surface area contributed by atoms with E-state index in [4.69, 9.17) is 0 Å². The summed E-state index contributed by atoms with van der Waals surface area (Å²) in [5.74, 6) is 1.25. The minimum absolute atomic E-state index is 0.0828. The summed E-state index contributed by atoms with van der Waals surface area (Å²) >= 11 is 0. The van der Waals surface area contributed by atoms with Crippen molar-refractivity contribution in [1.82, 2.24) is 30.0 Å². The van der Waals surface area contributed by atoms with Crippen LogP contribution in [0.1, 0.15) is 69.9 Å². The molecule has 2 N–H and O–H groups in total. The molecule has 6 rings (SSSR count). The fourth-order valence-electron chi connectivity index (χ4n) is 6.72. The van der Waals surface area contributed by atoms with Crippen molar-refractivity contribution in [2.24, 2.45) is 5.92 Å². The van der Waals surface area contributed by atoms with Crippen LogP contribution in [0.4, 0.5) is 4.39 Å². The molecule has 0 radical (unpaired) electrons. The van der Waals surface area contributed by atoms with Crippen LogP contribution in [-0.4, -0.2) is 68.7 Å². The first-order chi connectivity index (χ1) is 17.9. The number of halogens is 1. The van der Waals surface area contributed by atoms with Gasteiger partial charge in [-0.05, 0) is 99.8 Å². The number of hydrogen-bond donors (Lipinski definition) is 2. The quantitative estimate of drug-likeness (QED) is 0.326. The van der Waals surface area contributed by atoms with Crippen molar-refractivity contribution < 1.29 is 4.39 Å². The van der Waals surface area contributed by atoms with E-state index in [1.165, 1.54) is 31.6 Å². The lowest BCUT2D eigenvalue weighted by Crippen LogP contribution is -2.38. The van der Waals surface area contributed by atoms with E-state index in [0.29, 0.717) is 6.04 Å². The van der Waals surface area contributed by atoms with E-state index in [1.807, 2.05) is 12.3 Å². The Morgan fingerprint density at radius 1 is 1.05 bits per heavy atom. The molecule has 1 aromatic carbocycles. The van der Waals surface area contributed by atoms with Gasteiger partial charge in [-0.2, -0.15) is 5.10 Å². The number of pyridine rings is 1. The van der Waals surface area contributed by atoms with Gasteiger partial charge in [0.1, 0.15) is 5.82 Å². The summed E-state index contributed by atoms with van der Waals surface area (Å²) in [7, 11) is 0. The van der Waals surface area contributed by atoms with Gasteiger partial charge in [-0.15, -0.1) is 0 Å². The third-order valence-electron chi connectivity index (χ3n) is 8.75. The molecule has 0 saturated carbocycles. The van der Waals surface area contributed by atoms with Gasteiger partial charge >= 0.3 is 0 Å². The molecule has 2 saturated heterocycles. The highest BCUT2D eigenvalue weighted by Crippen LogP contribution is 2.40. The minimum atomic E-state index is -0.0828. The summed E-state index contributed by atoms with van der Waals surface area (Å²) < 4.78 is 15.5. The van der Waals surface area contributed by atoms with Crippen molar-refractivity contribution in [2.75, 3.05) is 32.7 Å². The number of hydrogen-bond acceptors (Lipinski definition) is 4. The second kappa shape index (κ2) is 9.84. The number of likely N-dealkylation sites (tertiary alicyclic amines) is 2. The molecule has 1 atom stereocenters. The summed E-state index contributed by atoms with van der Waals surface area (Å²) in [5.41, 5.74) is 5.84. The summed E-state index contributed by atoms with van der Waals surface area (Å²) in [6, 6.07) is 6.53. The Balaban J connectivity index is 1.25. The smallest absolute Gasteiger partial charge is 0.155 e. The molecular formula is C30H39FN6. The molecule has 3 aromatic heterocycles. The van der Waals surface area contributed by atoms with Crippen LogP contribution in [-0.2, 0) is 0 Å². The first-order valence-corrected chi connectivity index (χ1v) is 14.0. The van der Waals surface area contributed by atoms with E-state index >= 15 is 4.39 Å². The zero-order valence-electron chi connectivity index (χ0n) is 22.5. The maximum Gasteiger partial charge on any atom is 0.155 e. The topological polar surface area (TPSA) is 63.8 Å². The molecule has 0 spiro atoms. The van der Waals surface area contributed by atoms with Crippen molar-refractivity contribution in [1.29, 1.82) is 0 Å². The average molecular weight is 503 g/mol. The molecule has 6 nitrogen and oxygen atoms in total. The summed E-state index contributed by atoms with van der Waals surface area (Å²) in [6.45, 7) is 14.8. The Bertz CT molecular complexity index is 1390. The zero-order valence-corrected chi connectivity index (χ0v) is 22.5. The fourth-order valence-corrected chi connectivity index (χ4v) is 6.72. The number of aromatic nitrogens is 4. The Kier molecular flexibility index (Phi) is 6.53. The standard InChI is InChI=1S/C30H39FN6/c1-18(2)28-24-13-23(21-7-10-36(11-8-21)16-20-6-12-37(17-20)19(3)4)26(31)14-27(24)34-29(28)22-5-9-32-30-25(22)15-33-35-30/h5,9,13-15,18-21,34H,6-8,10-12,16-17H2,1-4H3,(H,32,33,35). The van der Waals surface area contributed by atoms with Gasteiger partial charge in [-0.3, -0.25) is 5.10 Å². The lowest BCUT2D eigenvalue weighted by Gasteiger charge is -2.34. The molecule has 4 aromatic rings. The van der Waals surface area contributed by atoms with Crippen LogP contribution in [0.25, 0.3) is 33.2 Å². The summed E-state index contributed by atoms with van der Waals surface area (Å²) in [6.07, 6.45) is 6.98. The van der Waals surface area contributed by atoms with Gasteiger partial charge in [0.05, 0.1) is 11.9 Å². The van der Waals surface area contributed by atoms with Crippen LogP contribution in [0.15, 0.2) is 30.6 Å². The van der Waals surface area contributed by atoms with E-state index in [1.54, 1.807) is 12.3 Å². The van der Waals surface area contributed by atoms with E-state index in [9.17, 15) is 0 Å². The molecule has 37 heavy (non-hydrogen) atoms. The van der Waals surface area contributed by atoms with Crippen molar-refractivity contribution >= 4 is 21.9 Å². The van der Waals surface area contributed by atoms with Gasteiger partial charge in [0, 0.05) is 47.2 Å². The maximum atomic E-state index is 15.5. The van der Waals surface area contributed by atoms with Crippen LogP contribution >= 0.6 is 0 Å². The predicted octanol–water partition coefficient (Wildman–Crippen LogP) is 6.28. The van der Waals surface area contributed by atoms with Crippen molar-refractivity contribution in [3.05, 3.63) is 47.5 Å². The lowest BCUT2D eigenvalue weighted by atomic mass is 9.86. The number of rotatable bonds is 6. The third-order valence-corrected chi connectivity index (χ3v) is 8.75. The van der Waals surface area contributed by atoms with Gasteiger partial charge < -0.3 is 14.8 Å². The van der Waals surface area contributed by atoms with Crippen LogP contribution in [0.5, 0.6) is 0 Å². The number of H-pyrrole nitrogens is 2. The molecule has 196 valence electrons. The number of nitrogens with one attached hydrogen (secondary N) is 2. The second-order valence-corrected chi connectivity index (χ2v) is 11.8. The molecule has 5 heterocycles. The maximum absolute atomic E-state index is 15.5. The zero-order chi connectivity index (χ0) is 25.7. The van der Waals surface area contributed by atoms with E-state index < -0.39 is 0 Å². The van der Waals surface area contributed by atoms with E-state index in [0.717, 1.165) is 70.6 Å². The molecule has 1 unspecified atom stereocenters. The largest absolute Gasteiger partial charge is 0.354 e. The van der Waals surface area contributed by atoms with Crippen LogP contribution < -0.4 is 0 Å². The Morgan fingerprint density at radius 3 is 2.59 bits per heavy atom. The molecule has 2 aliphatic rings. The van der Waals surface area contributed by atoms with Gasteiger partial charge in [0.15, 0.2) is 5.65 Å². The molecule has 7 heteroatoms. The monoisotopic (exact) mass is 502 g/mol. The number of aromatic amines is 2. The van der Waals surface area contributed by atoms with Gasteiger partial charge in [-0.1, -0.05) is 13.8 Å². The van der Waals surface area contributed by atoms with Crippen molar-refractivity contribution in [2.45, 2.75) is 64.8 Å². The Hall–Kier alpha value is -2.77. The van der Waals surface area contributed by atoms with Crippen LogP contribution in [0, 0.1) is 11.7 Å². The number of piperidine rings is 1. The lowest BCUT2D eigenvalue weighted by molar-refractivity contribution is 0.176. The first-order valence-electron chi connectivity index (χ1n) is 14.0. The second-order valence-electron chi connectivity index (χ2n) is 11.8. The van der Waals surface area contributed by atoms with Gasteiger partial charge in [0.25, 0.3) is 0 Å². The van der Waals surface area contributed by atoms with Gasteiger partial charge in [0.2, 0.25) is 0 Å². The highest BCUT2D eigenvalue weighted by atomic mass is 19.1. The van der Waals surface area contributed by atoms with E-state index in [2.05, 4.69) is 63.7 Å². The third kappa shape index (κ3) is 4.57. The highest BCUT2D eigenvalue weighted by molar-refractivity contribution is 5.98. The van der Waals surface area contributed by atoms with Crippen molar-refractivity contribution in [3.8, 4) is 11.3 Å². The molecule has 0 aliphatic carbocycles.